The van der Waals surface area contributed by atoms with Crippen LogP contribution in [0.15, 0.2) is 10.8 Å². The van der Waals surface area contributed by atoms with Gasteiger partial charge in [0.05, 0.1) is 12.1 Å². The van der Waals surface area contributed by atoms with E-state index in [9.17, 15) is 5.11 Å². The molecule has 0 aliphatic carbocycles. The summed E-state index contributed by atoms with van der Waals surface area (Å²) in [4.78, 5) is 0. The van der Waals surface area contributed by atoms with Crippen molar-refractivity contribution in [3.8, 4) is 0 Å². The van der Waals surface area contributed by atoms with Gasteiger partial charge in [-0.25, -0.2) is 0 Å². The number of thiophene rings is 1. The van der Waals surface area contributed by atoms with Gasteiger partial charge in [-0.2, -0.15) is 11.3 Å². The molecule has 1 aromatic heterocycles. The predicted molar refractivity (Wildman–Crippen MR) is 61.5 cm³/mol. The molecule has 80 valence electrons. The summed E-state index contributed by atoms with van der Waals surface area (Å²) in [6, 6.07) is 0. The zero-order valence-corrected chi connectivity index (χ0v) is 9.73. The number of hydrogen-bond donors (Lipinski definition) is 2. The Morgan fingerprint density at radius 1 is 1.50 bits per heavy atom. The smallest absolute Gasteiger partial charge is 0.0654 e. The Hall–Kier alpha value is -0.380. The predicted octanol–water partition coefficient (Wildman–Crippen LogP) is 2.39. The summed E-state index contributed by atoms with van der Waals surface area (Å²) in [6.07, 6.45) is 3.03. The maximum Gasteiger partial charge on any atom is 0.0654 e. The molecule has 0 saturated heterocycles. The molecule has 0 aromatic carbocycles. The van der Waals surface area contributed by atoms with Gasteiger partial charge in [-0.3, -0.25) is 0 Å². The number of nitrogens with two attached hydrogens (primary N) is 1. The van der Waals surface area contributed by atoms with Gasteiger partial charge in [-0.05, 0) is 35.2 Å². The maximum absolute atomic E-state index is 9.39. The van der Waals surface area contributed by atoms with E-state index in [4.69, 9.17) is 5.73 Å². The largest absolute Gasteiger partial charge is 0.394 e. The molecule has 1 atom stereocenters. The van der Waals surface area contributed by atoms with Gasteiger partial charge in [0.25, 0.3) is 0 Å². The molecule has 1 heterocycles. The highest BCUT2D eigenvalue weighted by atomic mass is 32.1. The standard InChI is InChI=1S/C11H19NOS/c1-3-4-5-11(12,8-13)10-7-14-6-9(10)2/h6-7,13H,3-5,8,12H2,1-2H3. The summed E-state index contributed by atoms with van der Waals surface area (Å²) >= 11 is 1.65. The van der Waals surface area contributed by atoms with Gasteiger partial charge in [0.15, 0.2) is 0 Å². The van der Waals surface area contributed by atoms with E-state index in [2.05, 4.69) is 24.6 Å². The Balaban J connectivity index is 2.84. The second-order valence-electron chi connectivity index (χ2n) is 3.89. The molecule has 2 nitrogen and oxygen atoms in total. The Morgan fingerprint density at radius 3 is 2.64 bits per heavy atom. The third-order valence-electron chi connectivity index (χ3n) is 2.65. The lowest BCUT2D eigenvalue weighted by molar-refractivity contribution is 0.185. The summed E-state index contributed by atoms with van der Waals surface area (Å²) in [5.74, 6) is 0. The van der Waals surface area contributed by atoms with E-state index in [1.165, 1.54) is 5.56 Å². The average Bonchev–Trinajstić information content (AvgIpc) is 2.61. The third kappa shape index (κ3) is 2.35. The van der Waals surface area contributed by atoms with Gasteiger partial charge in [-0.15, -0.1) is 0 Å². The average molecular weight is 213 g/mol. The fraction of sp³-hybridized carbons (Fsp3) is 0.636. The molecule has 0 aliphatic rings. The van der Waals surface area contributed by atoms with Crippen LogP contribution in [0.4, 0.5) is 0 Å². The highest BCUT2D eigenvalue weighted by Gasteiger charge is 2.27. The SMILES string of the molecule is CCCCC(N)(CO)c1cscc1C. The van der Waals surface area contributed by atoms with E-state index in [-0.39, 0.29) is 6.61 Å². The molecule has 0 saturated carbocycles. The Labute approximate surface area is 89.8 Å². The van der Waals surface area contributed by atoms with Crippen molar-refractivity contribution < 1.29 is 5.11 Å². The normalized spacial score (nSPS) is 15.4. The van der Waals surface area contributed by atoms with Crippen LogP contribution in [0, 0.1) is 6.92 Å². The van der Waals surface area contributed by atoms with E-state index < -0.39 is 5.54 Å². The summed E-state index contributed by atoms with van der Waals surface area (Å²) in [7, 11) is 0. The first kappa shape index (κ1) is 11.7. The van der Waals surface area contributed by atoms with Crippen molar-refractivity contribution in [3.63, 3.8) is 0 Å². The van der Waals surface area contributed by atoms with Crippen LogP contribution in [0.5, 0.6) is 0 Å². The highest BCUT2D eigenvalue weighted by molar-refractivity contribution is 7.08. The van der Waals surface area contributed by atoms with Gasteiger partial charge in [-0.1, -0.05) is 19.8 Å². The fourth-order valence-corrected chi connectivity index (χ4v) is 2.62. The molecule has 1 rings (SSSR count). The van der Waals surface area contributed by atoms with Gasteiger partial charge in [0.1, 0.15) is 0 Å². The molecule has 1 unspecified atom stereocenters. The van der Waals surface area contributed by atoms with Crippen molar-refractivity contribution in [2.75, 3.05) is 6.61 Å². The van der Waals surface area contributed by atoms with Crippen molar-refractivity contribution in [2.45, 2.75) is 38.6 Å². The minimum Gasteiger partial charge on any atom is -0.394 e. The maximum atomic E-state index is 9.39. The van der Waals surface area contributed by atoms with Crippen molar-refractivity contribution >= 4 is 11.3 Å². The van der Waals surface area contributed by atoms with E-state index in [1.807, 2.05) is 0 Å². The molecule has 3 heteroatoms. The number of aliphatic hydroxyl groups is 1. The molecule has 0 spiro atoms. The van der Waals surface area contributed by atoms with Crippen molar-refractivity contribution in [2.24, 2.45) is 5.73 Å². The second-order valence-corrected chi connectivity index (χ2v) is 4.63. The summed E-state index contributed by atoms with van der Waals surface area (Å²) in [5, 5.41) is 13.5. The van der Waals surface area contributed by atoms with Gasteiger partial charge >= 0.3 is 0 Å². The van der Waals surface area contributed by atoms with Crippen molar-refractivity contribution in [1.29, 1.82) is 0 Å². The molecule has 0 amide bonds. The first-order valence-corrected chi connectivity index (χ1v) is 6.01. The van der Waals surface area contributed by atoms with Crippen LogP contribution >= 0.6 is 11.3 Å². The molecular formula is C11H19NOS. The Bertz CT molecular complexity index is 285. The first-order chi connectivity index (χ1) is 6.64. The number of hydrogen-bond acceptors (Lipinski definition) is 3. The lowest BCUT2D eigenvalue weighted by Gasteiger charge is -2.27. The summed E-state index contributed by atoms with van der Waals surface area (Å²) in [6.45, 7) is 4.22. The van der Waals surface area contributed by atoms with E-state index >= 15 is 0 Å². The van der Waals surface area contributed by atoms with Crippen LogP contribution in [0.25, 0.3) is 0 Å². The second kappa shape index (κ2) is 4.91. The van der Waals surface area contributed by atoms with E-state index in [0.29, 0.717) is 0 Å². The molecule has 1 aromatic rings. The van der Waals surface area contributed by atoms with Crippen LogP contribution in [0.3, 0.4) is 0 Å². The molecule has 0 radical (unpaired) electrons. The number of rotatable bonds is 5. The molecule has 14 heavy (non-hydrogen) atoms. The van der Waals surface area contributed by atoms with Crippen LogP contribution in [-0.4, -0.2) is 11.7 Å². The lowest BCUT2D eigenvalue weighted by atomic mass is 9.86. The van der Waals surface area contributed by atoms with E-state index in [1.54, 1.807) is 11.3 Å². The van der Waals surface area contributed by atoms with Gasteiger partial charge < -0.3 is 10.8 Å². The lowest BCUT2D eigenvalue weighted by Crippen LogP contribution is -2.40. The Morgan fingerprint density at radius 2 is 2.21 bits per heavy atom. The summed E-state index contributed by atoms with van der Waals surface area (Å²) in [5.41, 5.74) is 7.99. The molecule has 3 N–H and O–H groups in total. The first-order valence-electron chi connectivity index (χ1n) is 5.07. The van der Waals surface area contributed by atoms with Crippen LogP contribution in [-0.2, 0) is 5.54 Å². The monoisotopic (exact) mass is 213 g/mol. The third-order valence-corrected chi connectivity index (χ3v) is 3.51. The minimum atomic E-state index is -0.528. The van der Waals surface area contributed by atoms with Crippen molar-refractivity contribution in [1.82, 2.24) is 0 Å². The quantitative estimate of drug-likeness (QED) is 0.789. The zero-order chi connectivity index (χ0) is 10.6. The zero-order valence-electron chi connectivity index (χ0n) is 8.92. The number of aliphatic hydroxyl groups excluding tert-OH is 1. The molecule has 0 bridgehead atoms. The van der Waals surface area contributed by atoms with E-state index in [0.717, 1.165) is 24.8 Å². The molecule has 0 aliphatic heterocycles. The molecule has 0 fully saturated rings. The molecular weight excluding hydrogens is 194 g/mol. The topological polar surface area (TPSA) is 46.2 Å². The number of unbranched alkanes of at least 4 members (excludes halogenated alkanes) is 1. The van der Waals surface area contributed by atoms with Crippen LogP contribution in [0.2, 0.25) is 0 Å². The summed E-state index contributed by atoms with van der Waals surface area (Å²) < 4.78 is 0. The van der Waals surface area contributed by atoms with Gasteiger partial charge in [0, 0.05) is 0 Å². The fourth-order valence-electron chi connectivity index (χ4n) is 1.66. The van der Waals surface area contributed by atoms with Crippen LogP contribution in [0.1, 0.15) is 37.3 Å². The highest BCUT2D eigenvalue weighted by Crippen LogP contribution is 2.29. The van der Waals surface area contributed by atoms with Gasteiger partial charge in [0.2, 0.25) is 0 Å². The van der Waals surface area contributed by atoms with Crippen LogP contribution < -0.4 is 5.73 Å². The van der Waals surface area contributed by atoms with Crippen molar-refractivity contribution in [3.05, 3.63) is 21.9 Å². The number of aryl methyl sites for hydroxylation is 1. The minimum absolute atomic E-state index is 0.0323. The Kier molecular flexibility index (Phi) is 4.11.